The summed E-state index contributed by atoms with van der Waals surface area (Å²) in [5, 5.41) is 9.18. The molecule has 9 heavy (non-hydrogen) atoms. The summed E-state index contributed by atoms with van der Waals surface area (Å²) in [7, 11) is -3.30. The summed E-state index contributed by atoms with van der Waals surface area (Å²) in [5.74, 6) is -0.800. The fourth-order valence-electron chi connectivity index (χ4n) is 0.291. The largest absolute Gasteiger partial charge is 0.512 e. The molecule has 0 bridgehead atoms. The number of hydrogen-bond donors (Lipinski definition) is 1. The van der Waals surface area contributed by atoms with E-state index in [1.54, 1.807) is 0 Å². The highest BCUT2D eigenvalue weighted by atomic mass is 32.2. The van der Waals surface area contributed by atoms with Gasteiger partial charge >= 0.3 is 0 Å². The maximum Gasteiger partial charge on any atom is 0.178 e. The fraction of sp³-hybridized carbons (Fsp3) is 0.200. The smallest absolute Gasteiger partial charge is 0.178 e. The summed E-state index contributed by atoms with van der Waals surface area (Å²) in [6, 6.07) is 0. The second-order valence-corrected chi connectivity index (χ2v) is 3.49. The van der Waals surface area contributed by atoms with Crippen molar-refractivity contribution in [1.82, 2.24) is 0 Å². The molecule has 0 aromatic heterocycles. The summed E-state index contributed by atoms with van der Waals surface area (Å²) < 4.78 is 20.9. The Hall–Kier alpha value is -0.770. The summed E-state index contributed by atoms with van der Waals surface area (Å²) in [6.45, 7) is 6.06. The van der Waals surface area contributed by atoms with Crippen LogP contribution in [0.4, 0.5) is 0 Å². The number of sulfone groups is 1. The highest BCUT2D eigenvalue weighted by Crippen LogP contribution is 1.94. The Kier molecular flexibility index (Phi) is 2.45. The Morgan fingerprint density at radius 3 is 2.22 bits per heavy atom. The second-order valence-electron chi connectivity index (χ2n) is 1.54. The fourth-order valence-corrected chi connectivity index (χ4v) is 0.873. The van der Waals surface area contributed by atoms with E-state index in [0.29, 0.717) is 0 Å². The van der Waals surface area contributed by atoms with E-state index in [1.807, 2.05) is 0 Å². The zero-order chi connectivity index (χ0) is 7.49. The minimum Gasteiger partial charge on any atom is -0.512 e. The van der Waals surface area contributed by atoms with Crippen molar-refractivity contribution < 1.29 is 13.5 Å². The molecule has 4 heteroatoms. The molecule has 0 aliphatic carbocycles. The zero-order valence-corrected chi connectivity index (χ0v) is 5.69. The van der Waals surface area contributed by atoms with E-state index < -0.39 is 15.6 Å². The molecule has 0 unspecified atom stereocenters. The molecule has 1 N–H and O–H groups in total. The first-order valence-corrected chi connectivity index (χ1v) is 3.91. The van der Waals surface area contributed by atoms with Gasteiger partial charge < -0.3 is 5.11 Å². The van der Waals surface area contributed by atoms with Gasteiger partial charge in [0.25, 0.3) is 0 Å². The number of aliphatic hydroxyl groups excluding tert-OH is 1. The van der Waals surface area contributed by atoms with Gasteiger partial charge in [0, 0.05) is 5.41 Å². The molecule has 0 amide bonds. The Labute approximate surface area is 54.2 Å². The molecule has 0 heterocycles. The van der Waals surface area contributed by atoms with Crippen LogP contribution in [0, 0.1) is 0 Å². The third-order valence-corrected chi connectivity index (χ3v) is 1.87. The van der Waals surface area contributed by atoms with Gasteiger partial charge in [-0.25, -0.2) is 8.42 Å². The van der Waals surface area contributed by atoms with Crippen LogP contribution in [0.3, 0.4) is 0 Å². The summed E-state index contributed by atoms with van der Waals surface area (Å²) >= 11 is 0. The minimum absolute atomic E-state index is 0.366. The van der Waals surface area contributed by atoms with Gasteiger partial charge in [0.2, 0.25) is 0 Å². The molecule has 0 spiro atoms. The predicted octanol–water partition coefficient (Wildman–Crippen LogP) is 0.616. The van der Waals surface area contributed by atoms with Gasteiger partial charge in [0.05, 0.1) is 0 Å². The van der Waals surface area contributed by atoms with Gasteiger partial charge in [-0.05, 0) is 0 Å². The maximum absolute atomic E-state index is 10.5. The van der Waals surface area contributed by atoms with E-state index in [9.17, 15) is 8.42 Å². The van der Waals surface area contributed by atoms with Crippen LogP contribution in [-0.4, -0.2) is 19.3 Å². The van der Waals surface area contributed by atoms with E-state index in [0.717, 1.165) is 5.41 Å². The summed E-state index contributed by atoms with van der Waals surface area (Å²) in [5.41, 5.74) is 0. The SMILES string of the molecule is C=CS(=O)(=O)CC(=C)O. The van der Waals surface area contributed by atoms with Crippen LogP contribution in [-0.2, 0) is 9.84 Å². The minimum atomic E-state index is -3.30. The van der Waals surface area contributed by atoms with Gasteiger partial charge in [-0.15, -0.1) is 0 Å². The monoisotopic (exact) mass is 148 g/mol. The van der Waals surface area contributed by atoms with E-state index in [4.69, 9.17) is 5.11 Å². The predicted molar refractivity (Wildman–Crippen MR) is 35.8 cm³/mol. The van der Waals surface area contributed by atoms with Crippen molar-refractivity contribution >= 4 is 9.84 Å². The number of hydrogen-bond acceptors (Lipinski definition) is 3. The molecular weight excluding hydrogens is 140 g/mol. The third kappa shape index (κ3) is 3.78. The van der Waals surface area contributed by atoms with Crippen LogP contribution in [0.25, 0.3) is 0 Å². The Morgan fingerprint density at radius 2 is 2.11 bits per heavy atom. The van der Waals surface area contributed by atoms with Crippen molar-refractivity contribution in [2.75, 3.05) is 5.75 Å². The zero-order valence-electron chi connectivity index (χ0n) is 4.87. The number of aliphatic hydroxyl groups is 1. The number of rotatable bonds is 3. The normalized spacial score (nSPS) is 10.7. The van der Waals surface area contributed by atoms with Crippen LogP contribution in [0.2, 0.25) is 0 Å². The van der Waals surface area contributed by atoms with Gasteiger partial charge in [0.15, 0.2) is 9.84 Å². The van der Waals surface area contributed by atoms with Crippen molar-refractivity contribution in [3.05, 3.63) is 24.3 Å². The third-order valence-electron chi connectivity index (χ3n) is 0.622. The summed E-state index contributed by atoms with van der Waals surface area (Å²) in [6.07, 6.45) is 0. The topological polar surface area (TPSA) is 54.4 Å². The molecule has 0 saturated carbocycles. The van der Waals surface area contributed by atoms with E-state index in [2.05, 4.69) is 13.2 Å². The first-order chi connectivity index (χ1) is 3.98. The van der Waals surface area contributed by atoms with E-state index >= 15 is 0 Å². The lowest BCUT2D eigenvalue weighted by atomic mass is 10.7. The molecule has 0 radical (unpaired) electrons. The average molecular weight is 148 g/mol. The van der Waals surface area contributed by atoms with E-state index in [-0.39, 0.29) is 5.76 Å². The van der Waals surface area contributed by atoms with Crippen LogP contribution in [0.15, 0.2) is 24.3 Å². The molecule has 0 saturated heterocycles. The molecule has 0 rings (SSSR count). The highest BCUT2D eigenvalue weighted by Gasteiger charge is 2.04. The standard InChI is InChI=1S/C5H8O3S/c1-3-9(7,8)4-5(2)6/h3,6H,1-2,4H2. The average Bonchev–Trinajstić information content (AvgIpc) is 1.63. The summed E-state index contributed by atoms with van der Waals surface area (Å²) in [4.78, 5) is 0. The molecular formula is C5H8O3S. The lowest BCUT2D eigenvalue weighted by Gasteiger charge is -1.92. The molecule has 52 valence electrons. The lowest BCUT2D eigenvalue weighted by molar-refractivity contribution is 0.417. The Morgan fingerprint density at radius 1 is 1.67 bits per heavy atom. The second kappa shape index (κ2) is 2.68. The molecule has 0 atom stereocenters. The molecule has 0 aliphatic rings. The van der Waals surface area contributed by atoms with Crippen LogP contribution < -0.4 is 0 Å². The van der Waals surface area contributed by atoms with Crippen molar-refractivity contribution in [2.24, 2.45) is 0 Å². The Bertz CT molecular complexity index is 212. The van der Waals surface area contributed by atoms with Crippen molar-refractivity contribution in [2.45, 2.75) is 0 Å². The van der Waals surface area contributed by atoms with Crippen LogP contribution in [0.5, 0.6) is 0 Å². The molecule has 0 aromatic carbocycles. The van der Waals surface area contributed by atoms with Gasteiger partial charge in [0.1, 0.15) is 11.5 Å². The van der Waals surface area contributed by atoms with Crippen LogP contribution in [0.1, 0.15) is 0 Å². The van der Waals surface area contributed by atoms with Crippen LogP contribution >= 0.6 is 0 Å². The van der Waals surface area contributed by atoms with E-state index in [1.165, 1.54) is 0 Å². The molecule has 0 aliphatic heterocycles. The van der Waals surface area contributed by atoms with Crippen molar-refractivity contribution in [1.29, 1.82) is 0 Å². The van der Waals surface area contributed by atoms with Gasteiger partial charge in [-0.1, -0.05) is 13.2 Å². The molecule has 3 nitrogen and oxygen atoms in total. The first kappa shape index (κ1) is 8.23. The molecule has 0 aromatic rings. The van der Waals surface area contributed by atoms with Gasteiger partial charge in [-0.2, -0.15) is 0 Å². The highest BCUT2D eigenvalue weighted by molar-refractivity contribution is 7.94. The maximum atomic E-state index is 10.5. The van der Waals surface area contributed by atoms with Crippen molar-refractivity contribution in [3.8, 4) is 0 Å². The quantitative estimate of drug-likeness (QED) is 0.597. The van der Waals surface area contributed by atoms with Crippen molar-refractivity contribution in [3.63, 3.8) is 0 Å². The molecule has 0 fully saturated rings. The lowest BCUT2D eigenvalue weighted by Crippen LogP contribution is -2.02. The Balaban J connectivity index is 4.23. The van der Waals surface area contributed by atoms with Gasteiger partial charge in [-0.3, -0.25) is 0 Å². The first-order valence-electron chi connectivity index (χ1n) is 2.20.